The normalized spacial score (nSPS) is 10.2. The quantitative estimate of drug-likeness (QED) is 0.0271. The van der Waals surface area contributed by atoms with Gasteiger partial charge in [0.2, 0.25) is 29.4 Å². The number of aromatic nitrogens is 20. The molecule has 0 aliphatic heterocycles. The molecule has 0 aliphatic carbocycles. The molecule has 0 atom stereocenters. The number of aromatic amines is 3. The zero-order valence-electron chi connectivity index (χ0n) is 40.6. The number of aromatic carboxylic acids is 2. The fourth-order valence-electron chi connectivity index (χ4n) is 5.76. The molecule has 10 heterocycles. The molecule has 0 aromatic carbocycles. The molecule has 0 fully saturated rings. The minimum absolute atomic E-state index is 0.0378. The number of carboxylic acids is 2. The van der Waals surface area contributed by atoms with Crippen LogP contribution in [0.25, 0.3) is 22.3 Å². The van der Waals surface area contributed by atoms with Gasteiger partial charge in [0.15, 0.2) is 34.8 Å². The van der Waals surface area contributed by atoms with E-state index in [0.29, 0.717) is 8.80 Å². The number of nitro groups is 3. The van der Waals surface area contributed by atoms with Crippen molar-refractivity contribution >= 4 is 121 Å². The molecule has 0 spiro atoms. The Morgan fingerprint density at radius 3 is 1.42 bits per heavy atom. The summed E-state index contributed by atoms with van der Waals surface area (Å²) in [5.41, 5.74) is 10.7. The number of nitrogens with one attached hydrogen (secondary N) is 3. The van der Waals surface area contributed by atoms with Crippen LogP contribution in [0.2, 0.25) is 0 Å². The molecule has 83 heavy (non-hydrogen) atoms. The minimum Gasteiger partial charge on any atom is -0.477 e. The second-order valence-corrected chi connectivity index (χ2v) is 15.5. The fourth-order valence-corrected chi connectivity index (χ4v) is 6.22. The van der Waals surface area contributed by atoms with Gasteiger partial charge in [-0.1, -0.05) is 10.4 Å². The van der Waals surface area contributed by atoms with Crippen molar-refractivity contribution in [2.24, 2.45) is 11.5 Å². The van der Waals surface area contributed by atoms with E-state index in [9.17, 15) is 73.5 Å². The first-order valence-corrected chi connectivity index (χ1v) is 22.7. The Morgan fingerprint density at radius 2 is 1.10 bits per heavy atom. The number of aryl methyl sites for hydroxylation is 2. The summed E-state index contributed by atoms with van der Waals surface area (Å²) in [6.07, 6.45) is 8.74. The third-order valence-electron chi connectivity index (χ3n) is 9.18. The summed E-state index contributed by atoms with van der Waals surface area (Å²) < 4.78 is 9.26. The first kappa shape index (κ1) is 64.1. The number of fused-ring (bicyclic) bond motifs is 4. The van der Waals surface area contributed by atoms with E-state index in [4.69, 9.17) is 62.2 Å². The summed E-state index contributed by atoms with van der Waals surface area (Å²) >= 11 is 20.7. The molecule has 10 rings (SSSR count). The molecule has 2 amide bonds. The van der Waals surface area contributed by atoms with Crippen LogP contribution in [-0.2, 0) is 17.4 Å². The molecule has 10 aromatic heterocycles. The summed E-state index contributed by atoms with van der Waals surface area (Å²) in [6.45, 7) is 0.457. The lowest BCUT2D eigenvalue weighted by atomic mass is 10.4. The van der Waals surface area contributed by atoms with Gasteiger partial charge in [-0.2, -0.15) is 9.36 Å². The van der Waals surface area contributed by atoms with Gasteiger partial charge in [0.25, 0.3) is 28.2 Å². The van der Waals surface area contributed by atoms with Gasteiger partial charge < -0.3 is 67.7 Å². The van der Waals surface area contributed by atoms with Crippen LogP contribution in [0, 0.1) is 30.3 Å². The van der Waals surface area contributed by atoms with E-state index < -0.39 is 100 Å². The molecular formula is C35H30Cl4N26O18. The number of alkyl halides is 2. The van der Waals surface area contributed by atoms with Crippen LogP contribution in [0.3, 0.4) is 0 Å². The summed E-state index contributed by atoms with van der Waals surface area (Å²) in [6, 6.07) is 0. The zero-order valence-corrected chi connectivity index (χ0v) is 43.6. The van der Waals surface area contributed by atoms with Gasteiger partial charge in [0, 0.05) is 11.8 Å². The van der Waals surface area contributed by atoms with Crippen molar-refractivity contribution in [1.29, 1.82) is 0 Å². The van der Waals surface area contributed by atoms with Gasteiger partial charge in [-0.05, 0) is 36.3 Å². The predicted molar refractivity (Wildman–Crippen MR) is 273 cm³/mol. The van der Waals surface area contributed by atoms with Gasteiger partial charge in [-0.15, -0.1) is 33.4 Å². The van der Waals surface area contributed by atoms with Gasteiger partial charge in [-0.3, -0.25) is 28.3 Å². The standard InChI is InChI=1S/C8H2N6O6.C7H5Cl2N5O2.C7H7ClN6O2.C4H6N4O.C4H3N3O4.C4H4N2O2.CH3ClO/c15-7-4-6(14(19)20)10-2-12(4)8(16)3-5(13(17)18)9-1-11(3)7;2*8-1-2-14-7(16)13-3-10-4(5(9)15)6(13)11-12-14;5-3-2(4(6)9)7-1-8-3;8-4(9)2-3(7(10)11)6-1-5-2;7-4(8)3-1-5-2-6-3;1-3-2/h1-2H;3H,1-2H2;3H,1-2H2,(H2,9,15);1H,5H2,(H2,6,9)(H,7,8);1H,(H,5,6)(H,8,9);1-2H,(H,5,6)(H,7,8);1H3. The number of imidazole rings is 7. The first-order valence-electron chi connectivity index (χ1n) is 20.9. The Bertz CT molecular complexity index is 4040. The summed E-state index contributed by atoms with van der Waals surface area (Å²) in [5.74, 6) is -5.35. The molecule has 48 heteroatoms. The Morgan fingerprint density at radius 1 is 0.639 bits per heavy atom. The van der Waals surface area contributed by atoms with E-state index in [1.807, 2.05) is 0 Å². The number of nitrogen functional groups attached to an aromatic ring is 1. The molecule has 0 bridgehead atoms. The first-order chi connectivity index (χ1) is 39.3. The van der Waals surface area contributed by atoms with Crippen LogP contribution in [0.5, 0.6) is 0 Å². The number of carboxylic acid groups (broad SMARTS) is 2. The number of anilines is 1. The minimum atomic E-state index is -1.42. The molecule has 0 radical (unpaired) electrons. The number of carbonyl (C=O) groups is 5. The highest BCUT2D eigenvalue weighted by Gasteiger charge is 2.29. The van der Waals surface area contributed by atoms with Crippen molar-refractivity contribution < 1.29 is 53.2 Å². The number of nitrogens with zero attached hydrogens (tertiary/aromatic N) is 20. The van der Waals surface area contributed by atoms with Crippen molar-refractivity contribution in [2.75, 3.05) is 24.6 Å². The molecule has 10 aromatic rings. The fraction of sp³-hybridized carbons (Fsp3) is 0.143. The van der Waals surface area contributed by atoms with E-state index in [1.165, 1.54) is 38.6 Å². The maximum atomic E-state index is 12.1. The number of H-pyrrole nitrogens is 3. The van der Waals surface area contributed by atoms with Crippen molar-refractivity contribution in [3.63, 3.8) is 0 Å². The number of carbonyl (C=O) groups excluding carboxylic acids is 3. The number of hydrogen-bond donors (Lipinski definition) is 8. The third-order valence-corrected chi connectivity index (χ3v) is 9.70. The lowest BCUT2D eigenvalue weighted by molar-refractivity contribution is -0.389. The largest absolute Gasteiger partial charge is 0.477 e. The Hall–Kier alpha value is -11.4. The van der Waals surface area contributed by atoms with Crippen molar-refractivity contribution in [2.45, 2.75) is 13.1 Å². The summed E-state index contributed by atoms with van der Waals surface area (Å²) in [7, 11) is 1.39. The molecule has 44 nitrogen and oxygen atoms in total. The maximum absolute atomic E-state index is 12.1. The average Bonchev–Trinajstić information content (AvgIpc) is 4.51. The van der Waals surface area contributed by atoms with Gasteiger partial charge in [0.1, 0.15) is 24.0 Å². The number of nitrogens with two attached hydrogens (primary N) is 3. The zero-order chi connectivity index (χ0) is 62.0. The third kappa shape index (κ3) is 15.3. The van der Waals surface area contributed by atoms with E-state index >= 15 is 0 Å². The van der Waals surface area contributed by atoms with Gasteiger partial charge >= 0.3 is 40.8 Å². The Labute approximate surface area is 470 Å². The Kier molecular flexibility index (Phi) is 22.4. The van der Waals surface area contributed by atoms with Crippen molar-refractivity contribution in [1.82, 2.24) is 97.4 Å². The Balaban J connectivity index is 0.000000217. The lowest BCUT2D eigenvalue weighted by Crippen LogP contribution is -2.30. The molecular weight excluding hydrogens is 1210 g/mol. The van der Waals surface area contributed by atoms with Gasteiger partial charge in [-0.25, -0.2) is 66.7 Å². The van der Waals surface area contributed by atoms with Crippen LogP contribution >= 0.6 is 46.7 Å². The van der Waals surface area contributed by atoms with Crippen LogP contribution < -0.4 is 39.7 Å². The van der Waals surface area contributed by atoms with Crippen molar-refractivity contribution in [3.05, 3.63) is 151 Å². The van der Waals surface area contributed by atoms with E-state index in [1.54, 1.807) is 0 Å². The maximum Gasteiger partial charge on any atom is 0.395 e. The van der Waals surface area contributed by atoms with Crippen LogP contribution in [0.15, 0.2) is 69.7 Å². The second kappa shape index (κ2) is 29.0. The molecule has 0 saturated heterocycles. The van der Waals surface area contributed by atoms with Crippen LogP contribution in [0.4, 0.5) is 23.3 Å². The lowest BCUT2D eigenvalue weighted by Gasteiger charge is -2.00. The van der Waals surface area contributed by atoms with Crippen molar-refractivity contribution in [3.8, 4) is 0 Å². The molecule has 436 valence electrons. The number of primary amides is 2. The molecule has 0 unspecified atom stereocenters. The van der Waals surface area contributed by atoms with E-state index in [0.717, 1.165) is 37.1 Å². The van der Waals surface area contributed by atoms with Crippen LogP contribution in [-0.4, -0.2) is 170 Å². The summed E-state index contributed by atoms with van der Waals surface area (Å²) in [5, 5.41) is 61.9. The van der Waals surface area contributed by atoms with Gasteiger partial charge in [0.05, 0.1) is 50.9 Å². The smallest absolute Gasteiger partial charge is 0.395 e. The highest BCUT2D eigenvalue weighted by molar-refractivity contribution is 6.68. The number of rotatable bonds is 12. The molecule has 0 saturated carbocycles. The number of halogens is 4. The highest BCUT2D eigenvalue weighted by atomic mass is 35.5. The second-order valence-electron chi connectivity index (χ2n) is 14.1. The summed E-state index contributed by atoms with van der Waals surface area (Å²) in [4.78, 5) is 160. The molecule has 11 N–H and O–H groups in total. The number of amides is 2. The SMILES string of the molecule is COCl.NC(=O)c1[nH]cnc1N.NC(=O)c1ncn2c(=O)n(CCCl)nnc12.O=C(Cl)c1ncn2c(=O)n(CCCl)nnc12.O=C(O)c1cnc[nH]1.O=C(O)c1nc[nH]c1[N+](=O)[O-].O=c1c2c([N+](=O)[O-])ncn2c(=O)c2c([N+](=O)[O-])ncn12. The van der Waals surface area contributed by atoms with E-state index in [2.05, 4.69) is 86.6 Å². The highest BCUT2D eigenvalue weighted by Crippen LogP contribution is 2.17. The molecule has 0 aliphatic rings. The monoisotopic (exact) mass is 1240 g/mol. The van der Waals surface area contributed by atoms with Crippen LogP contribution in [0.1, 0.15) is 52.4 Å². The topological polar surface area (TPSA) is 627 Å². The number of hydrogen-bond acceptors (Lipinski definition) is 28. The van der Waals surface area contributed by atoms with E-state index in [-0.39, 0.29) is 64.7 Å². The predicted octanol–water partition coefficient (Wildman–Crippen LogP) is -2.51. The average molecular weight is 1240 g/mol.